The van der Waals surface area contributed by atoms with E-state index in [0.29, 0.717) is 11.5 Å². The number of guanidine groups is 1. The highest BCUT2D eigenvalue weighted by atomic mass is 127. The fourth-order valence-electron chi connectivity index (χ4n) is 2.55. The van der Waals surface area contributed by atoms with Crippen LogP contribution in [0.4, 0.5) is 0 Å². The second-order valence-electron chi connectivity index (χ2n) is 8.48. The van der Waals surface area contributed by atoms with Gasteiger partial charge in [-0.3, -0.25) is 9.69 Å². The lowest BCUT2D eigenvalue weighted by Crippen LogP contribution is -2.47. The lowest BCUT2D eigenvalue weighted by molar-refractivity contribution is -0.127. The molecule has 0 radical (unpaired) electrons. The predicted molar refractivity (Wildman–Crippen MR) is 123 cm³/mol. The zero-order chi connectivity index (χ0) is 19.6. The topological polar surface area (TPSA) is 69.2 Å². The second-order valence-corrected chi connectivity index (χ2v) is 8.48. The molecule has 0 spiro atoms. The molecule has 7 nitrogen and oxygen atoms in total. The molecule has 2 N–H and O–H groups in total. The number of nitrogens with one attached hydrogen (secondary N) is 2. The molecule has 0 aromatic rings. The lowest BCUT2D eigenvalue weighted by atomic mass is 9.89. The molecule has 1 atom stereocenters. The van der Waals surface area contributed by atoms with Gasteiger partial charge in [-0.05, 0) is 25.2 Å². The summed E-state index contributed by atoms with van der Waals surface area (Å²) in [6.07, 6.45) is 2.20. The predicted octanol–water partition coefficient (Wildman–Crippen LogP) is 1.77. The van der Waals surface area contributed by atoms with Crippen LogP contribution in [0.2, 0.25) is 0 Å². The van der Waals surface area contributed by atoms with E-state index in [1.54, 1.807) is 19.0 Å². The standard InChI is InChI=1S/C19H39N5O2.HI/c1-16(7-8-19(2,3)4)22-18(21-15-17(25)23(5)6)20-9-10-24-11-13-26-14-12-24;/h16H,7-15H2,1-6H3,(H2,20,21,22);1H. The molecule has 1 rings (SSSR count). The Hall–Kier alpha value is -0.610. The van der Waals surface area contributed by atoms with Gasteiger partial charge in [-0.15, -0.1) is 24.0 Å². The van der Waals surface area contributed by atoms with Crippen molar-refractivity contribution in [2.24, 2.45) is 10.4 Å². The molecule has 27 heavy (non-hydrogen) atoms. The molecule has 1 aliphatic heterocycles. The van der Waals surface area contributed by atoms with Crippen LogP contribution in [0.1, 0.15) is 40.5 Å². The first kappa shape index (κ1) is 26.4. The molecule has 1 unspecified atom stereocenters. The molecule has 0 aliphatic carbocycles. The van der Waals surface area contributed by atoms with Crippen LogP contribution in [0.5, 0.6) is 0 Å². The average Bonchev–Trinajstić information content (AvgIpc) is 2.57. The molecule has 0 aromatic carbocycles. The molecule has 1 heterocycles. The van der Waals surface area contributed by atoms with Gasteiger partial charge in [0.15, 0.2) is 5.96 Å². The Morgan fingerprint density at radius 2 is 1.89 bits per heavy atom. The Morgan fingerprint density at radius 3 is 2.44 bits per heavy atom. The van der Waals surface area contributed by atoms with Gasteiger partial charge in [0.1, 0.15) is 6.54 Å². The van der Waals surface area contributed by atoms with Crippen molar-refractivity contribution < 1.29 is 9.53 Å². The minimum Gasteiger partial charge on any atom is -0.379 e. The Labute approximate surface area is 182 Å². The van der Waals surface area contributed by atoms with Gasteiger partial charge in [0.05, 0.1) is 13.2 Å². The largest absolute Gasteiger partial charge is 0.379 e. The number of morpholine rings is 1. The van der Waals surface area contributed by atoms with Gasteiger partial charge in [0.25, 0.3) is 0 Å². The number of ether oxygens (including phenoxy) is 1. The van der Waals surface area contributed by atoms with Crippen molar-refractivity contribution in [1.82, 2.24) is 20.4 Å². The van der Waals surface area contributed by atoms with E-state index >= 15 is 0 Å². The molecule has 1 aliphatic rings. The number of carbonyl (C=O) groups is 1. The van der Waals surface area contributed by atoms with Gasteiger partial charge < -0.3 is 20.3 Å². The first-order chi connectivity index (χ1) is 12.2. The number of hydrogen-bond acceptors (Lipinski definition) is 4. The fourth-order valence-corrected chi connectivity index (χ4v) is 2.55. The Kier molecular flexibility index (Phi) is 13.2. The Morgan fingerprint density at radius 1 is 1.26 bits per heavy atom. The first-order valence-corrected chi connectivity index (χ1v) is 9.72. The van der Waals surface area contributed by atoms with Crippen molar-refractivity contribution in [1.29, 1.82) is 0 Å². The number of amides is 1. The third-order valence-electron chi connectivity index (χ3n) is 4.41. The molecule has 0 bridgehead atoms. The van der Waals surface area contributed by atoms with Gasteiger partial charge in [0.2, 0.25) is 5.91 Å². The summed E-state index contributed by atoms with van der Waals surface area (Å²) < 4.78 is 5.38. The smallest absolute Gasteiger partial charge is 0.243 e. The SMILES string of the molecule is CC(CCC(C)(C)C)NC(=NCC(=O)N(C)C)NCCN1CCOCC1.I. The molecule has 1 saturated heterocycles. The second kappa shape index (κ2) is 13.5. The summed E-state index contributed by atoms with van der Waals surface area (Å²) in [6.45, 7) is 14.4. The van der Waals surface area contributed by atoms with E-state index in [9.17, 15) is 4.79 Å². The first-order valence-electron chi connectivity index (χ1n) is 9.72. The summed E-state index contributed by atoms with van der Waals surface area (Å²) in [5.74, 6) is 0.719. The van der Waals surface area contributed by atoms with E-state index in [-0.39, 0.29) is 36.4 Å². The highest BCUT2D eigenvalue weighted by molar-refractivity contribution is 14.0. The van der Waals surface area contributed by atoms with E-state index in [1.165, 1.54) is 0 Å². The number of rotatable bonds is 8. The van der Waals surface area contributed by atoms with E-state index in [2.05, 4.69) is 48.2 Å². The summed E-state index contributed by atoms with van der Waals surface area (Å²) >= 11 is 0. The Balaban J connectivity index is 0.00000676. The quantitative estimate of drug-likeness (QED) is 0.304. The van der Waals surface area contributed by atoms with E-state index in [0.717, 1.165) is 58.2 Å². The number of halogens is 1. The third kappa shape index (κ3) is 13.2. The molecule has 1 amide bonds. The average molecular weight is 497 g/mol. The van der Waals surface area contributed by atoms with Crippen molar-refractivity contribution in [3.63, 3.8) is 0 Å². The molecular weight excluding hydrogens is 457 g/mol. The van der Waals surface area contributed by atoms with E-state index in [4.69, 9.17) is 4.74 Å². The number of carbonyl (C=O) groups excluding carboxylic acids is 1. The van der Waals surface area contributed by atoms with Gasteiger partial charge >= 0.3 is 0 Å². The van der Waals surface area contributed by atoms with Crippen LogP contribution >= 0.6 is 24.0 Å². The van der Waals surface area contributed by atoms with Gasteiger partial charge in [-0.1, -0.05) is 20.8 Å². The van der Waals surface area contributed by atoms with Crippen LogP contribution in [0, 0.1) is 5.41 Å². The normalized spacial score (nSPS) is 17.0. The molecule has 0 saturated carbocycles. The zero-order valence-electron chi connectivity index (χ0n) is 18.0. The lowest BCUT2D eigenvalue weighted by Gasteiger charge is -2.27. The molecule has 160 valence electrons. The summed E-state index contributed by atoms with van der Waals surface area (Å²) in [5.41, 5.74) is 0.317. The van der Waals surface area contributed by atoms with Gasteiger partial charge in [-0.2, -0.15) is 0 Å². The maximum absolute atomic E-state index is 11.9. The van der Waals surface area contributed by atoms with Crippen LogP contribution in [0.15, 0.2) is 4.99 Å². The van der Waals surface area contributed by atoms with E-state index in [1.807, 2.05) is 0 Å². The summed E-state index contributed by atoms with van der Waals surface area (Å²) in [6, 6.07) is 0.304. The van der Waals surface area contributed by atoms with Crippen LogP contribution in [0.25, 0.3) is 0 Å². The number of aliphatic imine (C=N–C) groups is 1. The van der Waals surface area contributed by atoms with Crippen molar-refractivity contribution in [3.8, 4) is 0 Å². The minimum absolute atomic E-state index is 0. The highest BCUT2D eigenvalue weighted by Gasteiger charge is 2.14. The third-order valence-corrected chi connectivity index (χ3v) is 4.41. The fraction of sp³-hybridized carbons (Fsp3) is 0.895. The van der Waals surface area contributed by atoms with Gasteiger partial charge in [-0.25, -0.2) is 4.99 Å². The van der Waals surface area contributed by atoms with E-state index < -0.39 is 0 Å². The number of nitrogens with zero attached hydrogens (tertiary/aromatic N) is 3. The summed E-state index contributed by atoms with van der Waals surface area (Å²) in [5, 5.41) is 6.82. The van der Waals surface area contributed by atoms with Crippen molar-refractivity contribution in [2.75, 3.05) is 60.0 Å². The number of hydrogen-bond donors (Lipinski definition) is 2. The molecule has 1 fully saturated rings. The maximum atomic E-state index is 11.9. The molecule has 8 heteroatoms. The summed E-state index contributed by atoms with van der Waals surface area (Å²) in [4.78, 5) is 20.3. The minimum atomic E-state index is 0. The monoisotopic (exact) mass is 497 g/mol. The van der Waals surface area contributed by atoms with Crippen LogP contribution in [0.3, 0.4) is 0 Å². The Bertz CT molecular complexity index is 446. The highest BCUT2D eigenvalue weighted by Crippen LogP contribution is 2.21. The molecular formula is C19H40IN5O2. The van der Waals surface area contributed by atoms with Crippen molar-refractivity contribution in [2.45, 2.75) is 46.6 Å². The van der Waals surface area contributed by atoms with Crippen LogP contribution in [-0.2, 0) is 9.53 Å². The maximum Gasteiger partial charge on any atom is 0.243 e. The molecule has 0 aromatic heterocycles. The number of likely N-dealkylation sites (N-methyl/N-ethyl adjacent to an activating group) is 1. The summed E-state index contributed by atoms with van der Waals surface area (Å²) in [7, 11) is 3.51. The van der Waals surface area contributed by atoms with Crippen LogP contribution in [-0.4, -0.2) is 87.7 Å². The van der Waals surface area contributed by atoms with Gasteiger partial charge in [0, 0.05) is 46.3 Å². The zero-order valence-corrected chi connectivity index (χ0v) is 20.3. The van der Waals surface area contributed by atoms with Crippen molar-refractivity contribution >= 4 is 35.8 Å². The van der Waals surface area contributed by atoms with Crippen LogP contribution < -0.4 is 10.6 Å². The van der Waals surface area contributed by atoms with Crippen molar-refractivity contribution in [3.05, 3.63) is 0 Å².